The number of benzene rings is 1. The maximum atomic E-state index is 11.4. The number of nitrogens with zero attached hydrogens (tertiary/aromatic N) is 2. The number of nitriles is 1. The molecule has 1 aliphatic rings. The van der Waals surface area contributed by atoms with E-state index >= 15 is 0 Å². The topological polar surface area (TPSA) is 108 Å². The minimum atomic E-state index is -3.77. The minimum absolute atomic E-state index is 0.00508. The Bertz CT molecular complexity index is 665. The second kappa shape index (κ2) is 10.8. The predicted octanol–water partition coefficient (Wildman–Crippen LogP) is 2.51. The summed E-state index contributed by atoms with van der Waals surface area (Å²) in [6.45, 7) is 4.91. The van der Waals surface area contributed by atoms with Gasteiger partial charge in [0, 0.05) is 25.3 Å². The minimum Gasteiger partial charge on any atom is -0.495 e. The van der Waals surface area contributed by atoms with Crippen LogP contribution in [-0.2, 0) is 10.0 Å². The van der Waals surface area contributed by atoms with Gasteiger partial charge in [-0.1, -0.05) is 19.8 Å². The van der Waals surface area contributed by atoms with E-state index in [1.54, 1.807) is 17.0 Å². The van der Waals surface area contributed by atoms with Crippen molar-refractivity contribution in [2.24, 2.45) is 5.14 Å². The lowest BCUT2D eigenvalue weighted by Crippen LogP contribution is -2.14. The molecule has 0 saturated carbocycles. The van der Waals surface area contributed by atoms with E-state index in [0.717, 1.165) is 44.6 Å². The molecule has 0 spiro atoms. The average molecular weight is 369 g/mol. The molecule has 1 fully saturated rings. The number of hydrogen-bond acceptors (Lipinski definition) is 6. The summed E-state index contributed by atoms with van der Waals surface area (Å²) in [5.41, 5.74) is 0.732. The molecule has 0 amide bonds. The lowest BCUT2D eigenvalue weighted by molar-refractivity contribution is 0.403. The summed E-state index contributed by atoms with van der Waals surface area (Å²) in [7, 11) is -2.35. The quantitative estimate of drug-likeness (QED) is 0.565. The van der Waals surface area contributed by atoms with Crippen LogP contribution in [0.3, 0.4) is 0 Å². The Morgan fingerprint density at radius 3 is 2.48 bits per heavy atom. The van der Waals surface area contributed by atoms with Crippen molar-refractivity contribution in [2.45, 2.75) is 43.9 Å². The van der Waals surface area contributed by atoms with Crippen LogP contribution in [0.2, 0.25) is 0 Å². The molecule has 1 aliphatic heterocycles. The van der Waals surface area contributed by atoms with Gasteiger partial charge >= 0.3 is 0 Å². The summed E-state index contributed by atoms with van der Waals surface area (Å²) in [5, 5.41) is 16.6. The number of anilines is 1. The van der Waals surface area contributed by atoms with Crippen molar-refractivity contribution in [3.8, 4) is 11.9 Å². The Hall–Kier alpha value is -1.98. The molecular weight excluding hydrogens is 340 g/mol. The third-order valence-electron chi connectivity index (χ3n) is 3.83. The molecule has 0 bridgehead atoms. The number of ether oxygens (including phenoxy) is 1. The first-order valence-corrected chi connectivity index (χ1v) is 10.1. The van der Waals surface area contributed by atoms with Gasteiger partial charge in [0.1, 0.15) is 10.6 Å². The zero-order valence-corrected chi connectivity index (χ0v) is 15.8. The SMILES string of the molecule is CCCCCNc1ccc(OC)c(S(N)(=O)=O)c1.N#CN1CCCC1. The van der Waals surface area contributed by atoms with E-state index < -0.39 is 10.0 Å². The van der Waals surface area contributed by atoms with Gasteiger partial charge < -0.3 is 15.0 Å². The fourth-order valence-electron chi connectivity index (χ4n) is 2.43. The first kappa shape index (κ1) is 21.1. The highest BCUT2D eigenvalue weighted by atomic mass is 32.2. The number of methoxy groups -OCH3 is 1. The van der Waals surface area contributed by atoms with Crippen molar-refractivity contribution in [2.75, 3.05) is 32.1 Å². The van der Waals surface area contributed by atoms with Crippen LogP contribution in [0.25, 0.3) is 0 Å². The number of unbranched alkanes of at least 4 members (excludes halogenated alkanes) is 2. The fourth-order valence-corrected chi connectivity index (χ4v) is 3.16. The van der Waals surface area contributed by atoms with Gasteiger partial charge in [0.05, 0.1) is 7.11 Å². The summed E-state index contributed by atoms with van der Waals surface area (Å²) in [4.78, 5) is 1.80. The average Bonchev–Trinajstić information content (AvgIpc) is 3.12. The molecule has 8 heteroatoms. The molecule has 0 radical (unpaired) electrons. The predicted molar refractivity (Wildman–Crippen MR) is 98.8 cm³/mol. The van der Waals surface area contributed by atoms with Gasteiger partial charge in [-0.05, 0) is 37.5 Å². The van der Waals surface area contributed by atoms with Crippen LogP contribution in [0, 0.1) is 11.5 Å². The molecule has 7 nitrogen and oxygen atoms in total. The van der Waals surface area contributed by atoms with Crippen LogP contribution >= 0.6 is 0 Å². The van der Waals surface area contributed by atoms with Crippen molar-refractivity contribution >= 4 is 15.7 Å². The molecule has 25 heavy (non-hydrogen) atoms. The molecule has 1 saturated heterocycles. The number of nitrogens with two attached hydrogens (primary N) is 1. The van der Waals surface area contributed by atoms with Gasteiger partial charge in [0.15, 0.2) is 6.19 Å². The van der Waals surface area contributed by atoms with Gasteiger partial charge in [0.2, 0.25) is 10.0 Å². The zero-order chi connectivity index (χ0) is 18.7. The summed E-state index contributed by atoms with van der Waals surface area (Å²) < 4.78 is 27.8. The molecule has 0 unspecified atom stereocenters. The summed E-state index contributed by atoms with van der Waals surface area (Å²) in [6, 6.07) is 4.88. The first-order chi connectivity index (χ1) is 11.9. The highest BCUT2D eigenvalue weighted by molar-refractivity contribution is 7.89. The van der Waals surface area contributed by atoms with Gasteiger partial charge in [-0.25, -0.2) is 13.6 Å². The van der Waals surface area contributed by atoms with E-state index in [4.69, 9.17) is 15.1 Å². The molecular formula is C17H28N4O3S. The summed E-state index contributed by atoms with van der Waals surface area (Å²) in [5.74, 6) is 0.261. The van der Waals surface area contributed by atoms with Crippen molar-refractivity contribution in [3.63, 3.8) is 0 Å². The number of rotatable bonds is 7. The maximum absolute atomic E-state index is 11.4. The van der Waals surface area contributed by atoms with Gasteiger partial charge in [0.25, 0.3) is 0 Å². The number of likely N-dealkylation sites (tertiary alicyclic amines) is 1. The Morgan fingerprint density at radius 1 is 1.32 bits per heavy atom. The molecule has 1 heterocycles. The van der Waals surface area contributed by atoms with Crippen LogP contribution in [0.15, 0.2) is 23.1 Å². The Balaban J connectivity index is 0.000000370. The van der Waals surface area contributed by atoms with Gasteiger partial charge in [-0.15, -0.1) is 0 Å². The molecule has 0 aromatic heterocycles. The van der Waals surface area contributed by atoms with Gasteiger partial charge in [-0.2, -0.15) is 5.26 Å². The van der Waals surface area contributed by atoms with Crippen molar-refractivity contribution < 1.29 is 13.2 Å². The Kier molecular flexibility index (Phi) is 9.10. The molecule has 0 aliphatic carbocycles. The Morgan fingerprint density at radius 2 is 2.00 bits per heavy atom. The molecule has 1 aromatic carbocycles. The van der Waals surface area contributed by atoms with Crippen LogP contribution in [0.1, 0.15) is 39.0 Å². The van der Waals surface area contributed by atoms with Crippen molar-refractivity contribution in [3.05, 3.63) is 18.2 Å². The van der Waals surface area contributed by atoms with Crippen LogP contribution in [-0.4, -0.2) is 40.1 Å². The second-order valence-electron chi connectivity index (χ2n) is 5.84. The molecule has 1 aromatic rings. The van der Waals surface area contributed by atoms with E-state index in [1.165, 1.54) is 26.0 Å². The Labute approximate surface area is 150 Å². The van der Waals surface area contributed by atoms with Crippen molar-refractivity contribution in [1.29, 1.82) is 5.26 Å². The zero-order valence-electron chi connectivity index (χ0n) is 15.0. The van der Waals surface area contributed by atoms with E-state index in [9.17, 15) is 8.42 Å². The van der Waals surface area contributed by atoms with Crippen LogP contribution < -0.4 is 15.2 Å². The number of sulfonamides is 1. The molecule has 3 N–H and O–H groups in total. The van der Waals surface area contributed by atoms with Crippen molar-refractivity contribution in [1.82, 2.24) is 4.90 Å². The summed E-state index contributed by atoms with van der Waals surface area (Å²) >= 11 is 0. The molecule has 2 rings (SSSR count). The normalized spacial score (nSPS) is 13.6. The number of primary sulfonamides is 1. The largest absolute Gasteiger partial charge is 0.495 e. The maximum Gasteiger partial charge on any atom is 0.241 e. The third kappa shape index (κ3) is 7.63. The molecule has 140 valence electrons. The summed E-state index contributed by atoms with van der Waals surface area (Å²) in [6.07, 6.45) is 7.84. The number of hydrogen-bond donors (Lipinski definition) is 2. The first-order valence-electron chi connectivity index (χ1n) is 8.51. The highest BCUT2D eigenvalue weighted by Gasteiger charge is 2.15. The monoisotopic (exact) mass is 368 g/mol. The van der Waals surface area contributed by atoms with E-state index in [1.807, 2.05) is 0 Å². The third-order valence-corrected chi connectivity index (χ3v) is 4.76. The lowest BCUT2D eigenvalue weighted by atomic mass is 10.2. The standard InChI is InChI=1S/C12H20N2O3S.C5H8N2/c1-3-4-5-8-14-10-6-7-11(17-2)12(9-10)18(13,15)16;6-5-7-3-1-2-4-7/h6-7,9,14H,3-5,8H2,1-2H3,(H2,13,15,16);1-4H2. The lowest BCUT2D eigenvalue weighted by Gasteiger charge is -2.10. The van der Waals surface area contributed by atoms with Crippen LogP contribution in [0.4, 0.5) is 5.69 Å². The van der Waals surface area contributed by atoms with E-state index in [-0.39, 0.29) is 10.6 Å². The van der Waals surface area contributed by atoms with E-state index in [2.05, 4.69) is 18.4 Å². The highest BCUT2D eigenvalue weighted by Crippen LogP contribution is 2.26. The second-order valence-corrected chi connectivity index (χ2v) is 7.37. The van der Waals surface area contributed by atoms with Gasteiger partial charge in [-0.3, -0.25) is 0 Å². The smallest absolute Gasteiger partial charge is 0.241 e. The molecule has 0 atom stereocenters. The van der Waals surface area contributed by atoms with Crippen LogP contribution in [0.5, 0.6) is 5.75 Å². The fraction of sp³-hybridized carbons (Fsp3) is 0.588. The van der Waals surface area contributed by atoms with E-state index in [0.29, 0.717) is 0 Å². The number of nitrogens with one attached hydrogen (secondary N) is 1.